The Labute approximate surface area is 100 Å². The van der Waals surface area contributed by atoms with Crippen LogP contribution in [-0.2, 0) is 0 Å². The Morgan fingerprint density at radius 3 is 2.65 bits per heavy atom. The van der Waals surface area contributed by atoms with Gasteiger partial charge in [0, 0.05) is 11.3 Å². The SMILES string of the molecule is Oc1ccc2onc(C3CCCCCC3)c2c1. The predicted octanol–water partition coefficient (Wildman–Crippen LogP) is 3.97. The van der Waals surface area contributed by atoms with E-state index in [0.717, 1.165) is 16.7 Å². The lowest BCUT2D eigenvalue weighted by atomic mass is 9.94. The maximum atomic E-state index is 9.56. The zero-order valence-corrected chi connectivity index (χ0v) is 9.85. The molecule has 90 valence electrons. The van der Waals surface area contributed by atoms with E-state index in [2.05, 4.69) is 5.16 Å². The van der Waals surface area contributed by atoms with E-state index in [1.165, 1.54) is 38.5 Å². The van der Waals surface area contributed by atoms with Crippen LogP contribution in [0.4, 0.5) is 0 Å². The second kappa shape index (κ2) is 4.40. The lowest BCUT2D eigenvalue weighted by molar-refractivity contribution is 0.428. The fourth-order valence-electron chi connectivity index (χ4n) is 2.79. The van der Waals surface area contributed by atoms with Gasteiger partial charge in [-0.3, -0.25) is 0 Å². The molecule has 0 amide bonds. The summed E-state index contributed by atoms with van der Waals surface area (Å²) in [5, 5.41) is 14.8. The van der Waals surface area contributed by atoms with Crippen LogP contribution in [0.25, 0.3) is 11.0 Å². The Hall–Kier alpha value is -1.51. The van der Waals surface area contributed by atoms with Crippen molar-refractivity contribution in [1.29, 1.82) is 0 Å². The number of aromatic nitrogens is 1. The van der Waals surface area contributed by atoms with Crippen molar-refractivity contribution in [2.75, 3.05) is 0 Å². The Balaban J connectivity index is 2.00. The van der Waals surface area contributed by atoms with Gasteiger partial charge in [-0.2, -0.15) is 0 Å². The Bertz CT molecular complexity index is 510. The van der Waals surface area contributed by atoms with Crippen LogP contribution >= 0.6 is 0 Å². The zero-order chi connectivity index (χ0) is 11.7. The maximum absolute atomic E-state index is 9.56. The Kier molecular flexibility index (Phi) is 2.75. The zero-order valence-electron chi connectivity index (χ0n) is 9.85. The number of phenols is 1. The minimum Gasteiger partial charge on any atom is -0.508 e. The third-order valence-electron chi connectivity index (χ3n) is 3.72. The number of benzene rings is 1. The van der Waals surface area contributed by atoms with E-state index in [-0.39, 0.29) is 5.75 Å². The van der Waals surface area contributed by atoms with Crippen molar-refractivity contribution in [3.05, 3.63) is 23.9 Å². The molecule has 0 saturated heterocycles. The van der Waals surface area contributed by atoms with E-state index in [9.17, 15) is 5.11 Å². The van der Waals surface area contributed by atoms with Crippen LogP contribution in [0.2, 0.25) is 0 Å². The first kappa shape index (κ1) is 10.6. The average Bonchev–Trinajstić information content (AvgIpc) is 2.58. The first-order chi connectivity index (χ1) is 8.34. The molecular weight excluding hydrogens is 214 g/mol. The molecule has 1 aliphatic carbocycles. The Morgan fingerprint density at radius 1 is 1.12 bits per heavy atom. The first-order valence-electron chi connectivity index (χ1n) is 6.43. The molecule has 1 saturated carbocycles. The van der Waals surface area contributed by atoms with Crippen molar-refractivity contribution >= 4 is 11.0 Å². The molecule has 1 N–H and O–H groups in total. The highest BCUT2D eigenvalue weighted by molar-refractivity contribution is 5.81. The molecular formula is C14H17NO2. The van der Waals surface area contributed by atoms with Crippen molar-refractivity contribution in [1.82, 2.24) is 5.16 Å². The van der Waals surface area contributed by atoms with Gasteiger partial charge >= 0.3 is 0 Å². The number of rotatable bonds is 1. The van der Waals surface area contributed by atoms with Crippen LogP contribution in [0, 0.1) is 0 Å². The molecule has 2 aromatic rings. The topological polar surface area (TPSA) is 46.3 Å². The third kappa shape index (κ3) is 2.02. The van der Waals surface area contributed by atoms with Gasteiger partial charge in [-0.15, -0.1) is 0 Å². The minimum absolute atomic E-state index is 0.288. The lowest BCUT2D eigenvalue weighted by Crippen LogP contribution is -1.97. The summed E-state index contributed by atoms with van der Waals surface area (Å²) in [6, 6.07) is 5.20. The number of nitrogens with zero attached hydrogens (tertiary/aromatic N) is 1. The minimum atomic E-state index is 0.288. The van der Waals surface area contributed by atoms with Gasteiger partial charge in [-0.1, -0.05) is 30.8 Å². The van der Waals surface area contributed by atoms with Gasteiger partial charge in [0.25, 0.3) is 0 Å². The third-order valence-corrected chi connectivity index (χ3v) is 3.72. The highest BCUT2D eigenvalue weighted by Crippen LogP contribution is 2.35. The molecule has 1 aromatic heterocycles. The maximum Gasteiger partial charge on any atom is 0.167 e. The van der Waals surface area contributed by atoms with Gasteiger partial charge < -0.3 is 9.63 Å². The van der Waals surface area contributed by atoms with Gasteiger partial charge in [0.1, 0.15) is 5.75 Å². The number of aromatic hydroxyl groups is 1. The van der Waals surface area contributed by atoms with Crippen molar-refractivity contribution < 1.29 is 9.63 Å². The summed E-state index contributed by atoms with van der Waals surface area (Å²) in [7, 11) is 0. The molecule has 3 nitrogen and oxygen atoms in total. The van der Waals surface area contributed by atoms with Crippen molar-refractivity contribution in [2.45, 2.75) is 44.4 Å². The van der Waals surface area contributed by atoms with Crippen LogP contribution in [-0.4, -0.2) is 10.3 Å². The summed E-state index contributed by atoms with van der Waals surface area (Å²) in [5.74, 6) is 0.788. The lowest BCUT2D eigenvalue weighted by Gasteiger charge is -2.10. The van der Waals surface area contributed by atoms with Crippen molar-refractivity contribution in [2.24, 2.45) is 0 Å². The molecule has 1 aliphatic rings. The summed E-state index contributed by atoms with van der Waals surface area (Å²) in [4.78, 5) is 0. The van der Waals surface area contributed by atoms with Gasteiger partial charge in [0.2, 0.25) is 0 Å². The smallest absolute Gasteiger partial charge is 0.167 e. The standard InChI is InChI=1S/C14H17NO2/c16-11-7-8-13-12(9-11)14(15-17-13)10-5-3-1-2-4-6-10/h7-10,16H,1-6H2. The number of phenolic OH excluding ortho intramolecular Hbond substituents is 1. The van der Waals surface area contributed by atoms with Gasteiger partial charge in [-0.05, 0) is 31.0 Å². The van der Waals surface area contributed by atoms with E-state index in [1.807, 2.05) is 0 Å². The number of hydrogen-bond acceptors (Lipinski definition) is 3. The molecule has 3 rings (SSSR count). The van der Waals surface area contributed by atoms with Crippen LogP contribution < -0.4 is 0 Å². The largest absolute Gasteiger partial charge is 0.508 e. The summed E-state index contributed by atoms with van der Waals surface area (Å²) >= 11 is 0. The van der Waals surface area contributed by atoms with Crippen molar-refractivity contribution in [3.8, 4) is 5.75 Å². The van der Waals surface area contributed by atoms with Gasteiger partial charge in [-0.25, -0.2) is 0 Å². The van der Waals surface area contributed by atoms with Crippen LogP contribution in [0.1, 0.15) is 50.1 Å². The second-order valence-electron chi connectivity index (χ2n) is 4.94. The molecule has 3 heteroatoms. The van der Waals surface area contributed by atoms with Crippen LogP contribution in [0.3, 0.4) is 0 Å². The molecule has 0 radical (unpaired) electrons. The number of fused-ring (bicyclic) bond motifs is 1. The fourth-order valence-corrected chi connectivity index (χ4v) is 2.79. The molecule has 0 bridgehead atoms. The summed E-state index contributed by atoms with van der Waals surface area (Å²) in [6.07, 6.45) is 7.60. The van der Waals surface area contributed by atoms with Gasteiger partial charge in [0.05, 0.1) is 5.69 Å². The predicted molar refractivity (Wildman–Crippen MR) is 66.1 cm³/mol. The van der Waals surface area contributed by atoms with E-state index in [0.29, 0.717) is 5.92 Å². The molecule has 1 aromatic carbocycles. The molecule has 0 atom stereocenters. The van der Waals surface area contributed by atoms with Crippen molar-refractivity contribution in [3.63, 3.8) is 0 Å². The number of hydrogen-bond donors (Lipinski definition) is 1. The molecule has 17 heavy (non-hydrogen) atoms. The van der Waals surface area contributed by atoms with E-state index < -0.39 is 0 Å². The van der Waals surface area contributed by atoms with E-state index in [1.54, 1.807) is 18.2 Å². The summed E-state index contributed by atoms with van der Waals surface area (Å²) in [5.41, 5.74) is 1.82. The second-order valence-corrected chi connectivity index (χ2v) is 4.94. The Morgan fingerprint density at radius 2 is 1.88 bits per heavy atom. The first-order valence-corrected chi connectivity index (χ1v) is 6.43. The normalized spacial score (nSPS) is 18.4. The monoisotopic (exact) mass is 231 g/mol. The summed E-state index contributed by atoms with van der Waals surface area (Å²) in [6.45, 7) is 0. The van der Waals surface area contributed by atoms with Gasteiger partial charge in [0.15, 0.2) is 5.58 Å². The van der Waals surface area contributed by atoms with E-state index in [4.69, 9.17) is 4.52 Å². The molecule has 1 fully saturated rings. The molecule has 1 heterocycles. The van der Waals surface area contributed by atoms with E-state index >= 15 is 0 Å². The van der Waals surface area contributed by atoms with Crippen LogP contribution in [0.15, 0.2) is 22.7 Å². The highest BCUT2D eigenvalue weighted by atomic mass is 16.5. The van der Waals surface area contributed by atoms with Crippen LogP contribution in [0.5, 0.6) is 5.75 Å². The average molecular weight is 231 g/mol. The quantitative estimate of drug-likeness (QED) is 0.755. The molecule has 0 spiro atoms. The fraction of sp³-hybridized carbons (Fsp3) is 0.500. The highest BCUT2D eigenvalue weighted by Gasteiger charge is 2.20. The summed E-state index contributed by atoms with van der Waals surface area (Å²) < 4.78 is 5.34. The molecule has 0 aliphatic heterocycles. The molecule has 0 unspecified atom stereocenters.